The molecule has 1 aromatic carbocycles. The van der Waals surface area contributed by atoms with Crippen molar-refractivity contribution in [1.29, 1.82) is 0 Å². The van der Waals surface area contributed by atoms with Gasteiger partial charge in [0.1, 0.15) is 22.7 Å². The molecule has 1 fully saturated rings. The molecule has 0 spiro atoms. The van der Waals surface area contributed by atoms with Crippen LogP contribution in [0.2, 0.25) is 0 Å². The molecule has 2 aliphatic heterocycles. The highest BCUT2D eigenvalue weighted by molar-refractivity contribution is 8.03. The summed E-state index contributed by atoms with van der Waals surface area (Å²) in [6.45, 7) is 2.85. The molecule has 156 valence electrons. The summed E-state index contributed by atoms with van der Waals surface area (Å²) in [5.74, 6) is 0.454. The van der Waals surface area contributed by atoms with E-state index in [-0.39, 0.29) is 5.56 Å². The van der Waals surface area contributed by atoms with E-state index in [9.17, 15) is 8.78 Å². The molecule has 2 aromatic rings. The third-order valence-electron chi connectivity index (χ3n) is 5.59. The Morgan fingerprint density at radius 2 is 1.93 bits per heavy atom. The fraction of sp³-hybridized carbons (Fsp3) is 0.450. The van der Waals surface area contributed by atoms with E-state index in [1.165, 1.54) is 30.0 Å². The maximum atomic E-state index is 14.5. The molecular formula is C20H26F2N6S. The minimum Gasteiger partial charge on any atom is -0.392 e. The van der Waals surface area contributed by atoms with Gasteiger partial charge in [0, 0.05) is 26.3 Å². The first-order chi connectivity index (χ1) is 14.0. The second-order valence-electron chi connectivity index (χ2n) is 7.51. The zero-order valence-corrected chi connectivity index (χ0v) is 17.4. The van der Waals surface area contributed by atoms with Gasteiger partial charge >= 0.3 is 0 Å². The van der Waals surface area contributed by atoms with E-state index in [1.54, 1.807) is 12.4 Å². The average Bonchev–Trinajstić information content (AvgIpc) is 3.25. The van der Waals surface area contributed by atoms with E-state index in [0.717, 1.165) is 44.0 Å². The van der Waals surface area contributed by atoms with E-state index in [0.29, 0.717) is 10.9 Å². The molecule has 0 aliphatic carbocycles. The Morgan fingerprint density at radius 3 is 2.59 bits per heavy atom. The molecule has 0 radical (unpaired) electrons. The van der Waals surface area contributed by atoms with Gasteiger partial charge in [-0.1, -0.05) is 17.8 Å². The van der Waals surface area contributed by atoms with Crippen LogP contribution < -0.4 is 20.9 Å². The zero-order valence-electron chi connectivity index (χ0n) is 16.6. The Labute approximate surface area is 173 Å². The van der Waals surface area contributed by atoms with Crippen LogP contribution in [-0.4, -0.2) is 36.5 Å². The number of hydrogen-bond donors (Lipinski definition) is 2. The Bertz CT molecular complexity index is 886. The first-order valence-electron chi connectivity index (χ1n) is 9.77. The van der Waals surface area contributed by atoms with Crippen LogP contribution in [0.5, 0.6) is 0 Å². The molecule has 0 amide bonds. The number of benzene rings is 1. The first kappa shape index (κ1) is 20.0. The molecule has 9 heteroatoms. The van der Waals surface area contributed by atoms with Gasteiger partial charge in [0.25, 0.3) is 0 Å². The smallest absolute Gasteiger partial charge is 0.150 e. The van der Waals surface area contributed by atoms with Gasteiger partial charge in [-0.3, -0.25) is 4.68 Å². The van der Waals surface area contributed by atoms with Crippen LogP contribution in [0.1, 0.15) is 23.8 Å². The lowest BCUT2D eigenvalue weighted by atomic mass is 9.97. The van der Waals surface area contributed by atoms with E-state index in [1.807, 2.05) is 23.7 Å². The van der Waals surface area contributed by atoms with Crippen molar-refractivity contribution in [2.45, 2.75) is 18.2 Å². The molecule has 3 N–H and O–H groups in total. The summed E-state index contributed by atoms with van der Waals surface area (Å²) < 4.78 is 30.9. The van der Waals surface area contributed by atoms with Crippen LogP contribution in [0.3, 0.4) is 0 Å². The Morgan fingerprint density at radius 1 is 1.24 bits per heavy atom. The lowest BCUT2D eigenvalue weighted by Crippen LogP contribution is -2.38. The second kappa shape index (κ2) is 8.23. The van der Waals surface area contributed by atoms with Crippen molar-refractivity contribution >= 4 is 23.3 Å². The predicted octanol–water partition coefficient (Wildman–Crippen LogP) is 3.14. The largest absolute Gasteiger partial charge is 0.392 e. The summed E-state index contributed by atoms with van der Waals surface area (Å²) >= 11 is 1.24. The van der Waals surface area contributed by atoms with Crippen molar-refractivity contribution in [1.82, 2.24) is 15.1 Å². The number of aryl methyl sites for hydroxylation is 1. The Balaban J connectivity index is 1.66. The van der Waals surface area contributed by atoms with Crippen LogP contribution in [0.25, 0.3) is 0 Å². The van der Waals surface area contributed by atoms with Gasteiger partial charge in [-0.05, 0) is 44.5 Å². The highest BCUT2D eigenvalue weighted by Gasteiger charge is 2.35. The molecule has 1 aromatic heterocycles. The van der Waals surface area contributed by atoms with Gasteiger partial charge in [0.2, 0.25) is 0 Å². The number of aromatic nitrogens is 2. The number of nitrogens with zero attached hydrogens (tertiary/aromatic N) is 4. The summed E-state index contributed by atoms with van der Waals surface area (Å²) in [7, 11) is 3.88. The summed E-state index contributed by atoms with van der Waals surface area (Å²) in [5, 5.41) is 7.60. The molecule has 0 bridgehead atoms. The third kappa shape index (κ3) is 3.81. The lowest BCUT2D eigenvalue weighted by Gasteiger charge is -2.35. The van der Waals surface area contributed by atoms with Crippen molar-refractivity contribution in [2.75, 3.05) is 36.5 Å². The molecule has 29 heavy (non-hydrogen) atoms. The van der Waals surface area contributed by atoms with Crippen LogP contribution in [0.15, 0.2) is 35.6 Å². The molecule has 1 saturated heterocycles. The van der Waals surface area contributed by atoms with Crippen molar-refractivity contribution < 1.29 is 8.78 Å². The fourth-order valence-electron chi connectivity index (χ4n) is 4.17. The minimum atomic E-state index is -0.610. The normalized spacial score (nSPS) is 20.4. The number of rotatable bonds is 5. The number of thioether (sulfide) groups is 1. The third-order valence-corrected chi connectivity index (χ3v) is 6.65. The maximum absolute atomic E-state index is 14.5. The lowest BCUT2D eigenvalue weighted by molar-refractivity contribution is 0.390. The van der Waals surface area contributed by atoms with E-state index in [2.05, 4.69) is 15.3 Å². The van der Waals surface area contributed by atoms with Crippen molar-refractivity contribution in [3.8, 4) is 0 Å². The molecule has 1 atom stereocenters. The molecule has 0 saturated carbocycles. The molecule has 4 rings (SSSR count). The molecule has 6 nitrogen and oxygen atoms in total. The van der Waals surface area contributed by atoms with Gasteiger partial charge in [0.15, 0.2) is 5.82 Å². The number of hydrogen-bond acceptors (Lipinski definition) is 6. The van der Waals surface area contributed by atoms with Crippen LogP contribution >= 0.6 is 11.8 Å². The summed E-state index contributed by atoms with van der Waals surface area (Å²) in [6, 6.07) is 3.93. The second-order valence-corrected chi connectivity index (χ2v) is 8.66. The molecule has 3 heterocycles. The minimum absolute atomic E-state index is 0.0109. The van der Waals surface area contributed by atoms with Gasteiger partial charge in [0.05, 0.1) is 16.8 Å². The maximum Gasteiger partial charge on any atom is 0.150 e. The van der Waals surface area contributed by atoms with E-state index >= 15 is 0 Å². The quantitative estimate of drug-likeness (QED) is 0.775. The number of nitrogens with one attached hydrogen (secondary N) is 1. The number of piperidine rings is 1. The number of halogens is 2. The highest BCUT2D eigenvalue weighted by atomic mass is 32.2. The van der Waals surface area contributed by atoms with Gasteiger partial charge in [-0.2, -0.15) is 5.10 Å². The fourth-order valence-corrected chi connectivity index (χ4v) is 5.23. The van der Waals surface area contributed by atoms with Crippen LogP contribution in [0, 0.1) is 17.6 Å². The van der Waals surface area contributed by atoms with Crippen LogP contribution in [-0.2, 0) is 7.05 Å². The SMILES string of the molecule is CNCC1CCN(c2c(N3C=C(N)SC3c3c(F)cccc3F)cnn2C)CC1. The van der Waals surface area contributed by atoms with E-state index < -0.39 is 17.0 Å². The topological polar surface area (TPSA) is 62.4 Å². The Hall–Kier alpha value is -2.26. The molecule has 1 unspecified atom stereocenters. The number of nitrogens with two attached hydrogens (primary N) is 1. The van der Waals surface area contributed by atoms with Gasteiger partial charge in [-0.15, -0.1) is 0 Å². The number of anilines is 2. The summed E-state index contributed by atoms with van der Waals surface area (Å²) in [6.07, 6.45) is 5.67. The highest BCUT2D eigenvalue weighted by Crippen LogP contribution is 2.48. The Kier molecular flexibility index (Phi) is 5.69. The molecule has 2 aliphatic rings. The van der Waals surface area contributed by atoms with Crippen molar-refractivity contribution in [2.24, 2.45) is 18.7 Å². The standard InChI is InChI=1S/C20H26F2N6S/c1-24-10-13-6-8-27(9-7-13)19-16(11-25-26(19)2)28-12-17(23)29-20(28)18-14(21)4-3-5-15(18)22/h3-5,11-13,20,24H,6-10,23H2,1-2H3. The van der Waals surface area contributed by atoms with Crippen LogP contribution in [0.4, 0.5) is 20.3 Å². The predicted molar refractivity (Wildman–Crippen MR) is 114 cm³/mol. The molecular weight excluding hydrogens is 394 g/mol. The zero-order chi connectivity index (χ0) is 20.5. The van der Waals surface area contributed by atoms with Gasteiger partial charge < -0.3 is 20.9 Å². The average molecular weight is 421 g/mol. The summed E-state index contributed by atoms with van der Waals surface area (Å²) in [5.41, 5.74) is 6.88. The summed E-state index contributed by atoms with van der Waals surface area (Å²) in [4.78, 5) is 4.14. The van der Waals surface area contributed by atoms with Crippen molar-refractivity contribution in [3.05, 3.63) is 52.8 Å². The monoisotopic (exact) mass is 420 g/mol. The van der Waals surface area contributed by atoms with Gasteiger partial charge in [-0.25, -0.2) is 8.78 Å². The first-order valence-corrected chi connectivity index (χ1v) is 10.6. The van der Waals surface area contributed by atoms with Crippen molar-refractivity contribution in [3.63, 3.8) is 0 Å². The van der Waals surface area contributed by atoms with E-state index in [4.69, 9.17) is 5.73 Å².